The Labute approximate surface area is 203 Å². The van der Waals surface area contributed by atoms with Gasteiger partial charge in [0.15, 0.2) is 0 Å². The predicted molar refractivity (Wildman–Crippen MR) is 130 cm³/mol. The topological polar surface area (TPSA) is 59.1 Å². The quantitative estimate of drug-likeness (QED) is 0.530. The number of para-hydroxylation sites is 1. The number of hydrogen-bond donors (Lipinski definition) is 0. The number of carbonyl (C=O) groups is 2. The van der Waals surface area contributed by atoms with Crippen LogP contribution in [0, 0.1) is 23.7 Å². The molecule has 6 aliphatic rings. The lowest BCUT2D eigenvalue weighted by Gasteiger charge is -2.53. The summed E-state index contributed by atoms with van der Waals surface area (Å²) in [7, 11) is 0. The number of ether oxygens (including phenoxy) is 2. The van der Waals surface area contributed by atoms with E-state index in [1.165, 1.54) is 37.7 Å². The van der Waals surface area contributed by atoms with Crippen LogP contribution in [0.15, 0.2) is 24.3 Å². The maximum absolute atomic E-state index is 13.2. The zero-order valence-electron chi connectivity index (χ0n) is 20.8. The number of hydrogen-bond acceptors (Lipinski definition) is 4. The summed E-state index contributed by atoms with van der Waals surface area (Å²) in [6.45, 7) is 7.65. The molecule has 4 bridgehead atoms. The highest BCUT2D eigenvalue weighted by atomic mass is 16.6. The molecule has 0 atom stereocenters. The lowest BCUT2D eigenvalue weighted by atomic mass is 9.55. The fourth-order valence-corrected chi connectivity index (χ4v) is 7.91. The van der Waals surface area contributed by atoms with Crippen molar-refractivity contribution in [1.29, 1.82) is 0 Å². The molecule has 0 radical (unpaired) electrons. The van der Waals surface area contributed by atoms with Crippen LogP contribution in [-0.2, 0) is 14.9 Å². The number of fused-ring (bicyclic) bond motifs is 2. The van der Waals surface area contributed by atoms with Gasteiger partial charge in [0.25, 0.3) is 0 Å². The molecule has 2 amide bonds. The van der Waals surface area contributed by atoms with E-state index in [0.717, 1.165) is 30.4 Å². The predicted octanol–water partition coefficient (Wildman–Crippen LogP) is 5.74. The standard InChI is InChI=1S/C28H38N2O4/c1-27(2,3)34-26(32)30-17-28(22-6-4-5-7-23(22)30)8-10-29(11-9-28)25(31)33-24-20-13-18-12-19(15-20)16-21(24)14-18/h4-7,18-21,24H,8-17H2,1-3H3. The summed E-state index contributed by atoms with van der Waals surface area (Å²) >= 11 is 0. The third-order valence-corrected chi connectivity index (χ3v) is 9.20. The summed E-state index contributed by atoms with van der Waals surface area (Å²) in [5, 5.41) is 0. The van der Waals surface area contributed by atoms with E-state index in [1.54, 1.807) is 4.90 Å². The first-order chi connectivity index (χ1) is 16.2. The Balaban J connectivity index is 1.12. The van der Waals surface area contributed by atoms with Crippen LogP contribution in [0.5, 0.6) is 0 Å². The van der Waals surface area contributed by atoms with Gasteiger partial charge in [-0.15, -0.1) is 0 Å². The molecule has 1 aromatic rings. The number of rotatable bonds is 1. The van der Waals surface area contributed by atoms with Gasteiger partial charge in [0.05, 0.1) is 5.69 Å². The highest BCUT2D eigenvalue weighted by Crippen LogP contribution is 2.55. The Hall–Kier alpha value is -2.24. The Bertz CT molecular complexity index is 947. The van der Waals surface area contributed by atoms with Gasteiger partial charge in [-0.1, -0.05) is 18.2 Å². The van der Waals surface area contributed by atoms with Crippen LogP contribution in [0.4, 0.5) is 15.3 Å². The minimum atomic E-state index is -0.535. The molecule has 4 aliphatic carbocycles. The third-order valence-electron chi connectivity index (χ3n) is 9.20. The summed E-state index contributed by atoms with van der Waals surface area (Å²) in [5.41, 5.74) is 1.48. The van der Waals surface area contributed by atoms with E-state index in [-0.39, 0.29) is 23.7 Å². The fraction of sp³-hybridized carbons (Fsp3) is 0.714. The molecule has 7 rings (SSSR count). The number of piperidine rings is 1. The van der Waals surface area contributed by atoms with E-state index in [9.17, 15) is 9.59 Å². The number of benzene rings is 1. The van der Waals surface area contributed by atoms with Crippen molar-refractivity contribution in [2.24, 2.45) is 23.7 Å². The van der Waals surface area contributed by atoms with Gasteiger partial charge in [-0.3, -0.25) is 4.90 Å². The molecule has 2 aliphatic heterocycles. The van der Waals surface area contributed by atoms with Crippen molar-refractivity contribution in [3.8, 4) is 0 Å². The van der Waals surface area contributed by atoms with Crippen LogP contribution in [0.1, 0.15) is 71.3 Å². The average Bonchev–Trinajstić information content (AvgIpc) is 3.09. The molecular weight excluding hydrogens is 428 g/mol. The lowest BCUT2D eigenvalue weighted by Crippen LogP contribution is -2.53. The monoisotopic (exact) mass is 466 g/mol. The third kappa shape index (κ3) is 3.77. The largest absolute Gasteiger partial charge is 0.446 e. The maximum Gasteiger partial charge on any atom is 0.414 e. The molecule has 1 spiro atoms. The van der Waals surface area contributed by atoms with E-state index >= 15 is 0 Å². The van der Waals surface area contributed by atoms with Gasteiger partial charge >= 0.3 is 12.2 Å². The minimum absolute atomic E-state index is 0.123. The Morgan fingerprint density at radius 3 is 2.15 bits per heavy atom. The fourth-order valence-electron chi connectivity index (χ4n) is 7.91. The van der Waals surface area contributed by atoms with Crippen molar-refractivity contribution in [2.75, 3.05) is 24.5 Å². The first-order valence-electron chi connectivity index (χ1n) is 13.3. The summed E-state index contributed by atoms with van der Waals surface area (Å²) < 4.78 is 11.9. The van der Waals surface area contributed by atoms with Crippen molar-refractivity contribution >= 4 is 17.9 Å². The normalized spacial score (nSPS) is 33.2. The maximum atomic E-state index is 13.2. The van der Waals surface area contributed by atoms with E-state index < -0.39 is 5.60 Å². The zero-order valence-corrected chi connectivity index (χ0v) is 20.8. The first kappa shape index (κ1) is 22.2. The minimum Gasteiger partial charge on any atom is -0.446 e. The molecule has 0 aromatic heterocycles. The number of anilines is 1. The average molecular weight is 467 g/mol. The van der Waals surface area contributed by atoms with Gasteiger partial charge in [0.2, 0.25) is 0 Å². The molecule has 0 unspecified atom stereocenters. The Kier molecular flexibility index (Phi) is 5.16. The first-order valence-corrected chi connectivity index (χ1v) is 13.3. The number of nitrogens with zero attached hydrogens (tertiary/aromatic N) is 2. The van der Waals surface area contributed by atoms with Crippen LogP contribution in [-0.4, -0.2) is 48.4 Å². The van der Waals surface area contributed by atoms with Crippen LogP contribution >= 0.6 is 0 Å². The second-order valence-corrected chi connectivity index (χ2v) is 12.6. The molecule has 0 N–H and O–H groups in total. The number of carbonyl (C=O) groups excluding carboxylic acids is 2. The summed E-state index contributed by atoms with van der Waals surface area (Å²) in [5.74, 6) is 2.92. The van der Waals surface area contributed by atoms with Crippen molar-refractivity contribution in [3.63, 3.8) is 0 Å². The SMILES string of the molecule is CC(C)(C)OC(=O)N1CC2(CCN(C(=O)OC3C4CC5CC(C4)CC3C5)CC2)c2ccccc21. The highest BCUT2D eigenvalue weighted by molar-refractivity contribution is 5.91. The molecule has 6 heteroatoms. The van der Waals surface area contributed by atoms with E-state index in [2.05, 4.69) is 6.07 Å². The van der Waals surface area contributed by atoms with E-state index in [0.29, 0.717) is 31.5 Å². The van der Waals surface area contributed by atoms with Crippen molar-refractivity contribution in [1.82, 2.24) is 4.90 Å². The van der Waals surface area contributed by atoms with Crippen LogP contribution in [0.2, 0.25) is 0 Å². The van der Waals surface area contributed by atoms with Crippen LogP contribution < -0.4 is 4.90 Å². The van der Waals surface area contributed by atoms with Gasteiger partial charge in [0.1, 0.15) is 11.7 Å². The van der Waals surface area contributed by atoms with Crippen molar-refractivity contribution in [3.05, 3.63) is 29.8 Å². The van der Waals surface area contributed by atoms with E-state index in [4.69, 9.17) is 9.47 Å². The van der Waals surface area contributed by atoms with E-state index in [1.807, 2.05) is 43.9 Å². The molecule has 4 saturated carbocycles. The molecule has 34 heavy (non-hydrogen) atoms. The number of amides is 2. The second kappa shape index (κ2) is 7.89. The van der Waals surface area contributed by atoms with Crippen LogP contribution in [0.25, 0.3) is 0 Å². The second-order valence-electron chi connectivity index (χ2n) is 12.6. The molecule has 184 valence electrons. The Morgan fingerprint density at radius 2 is 1.53 bits per heavy atom. The van der Waals surface area contributed by atoms with Crippen LogP contribution in [0.3, 0.4) is 0 Å². The Morgan fingerprint density at radius 1 is 0.912 bits per heavy atom. The summed E-state index contributed by atoms with van der Waals surface area (Å²) in [4.78, 5) is 29.9. The van der Waals surface area contributed by atoms with Crippen molar-refractivity contribution < 1.29 is 19.1 Å². The molecule has 1 saturated heterocycles. The smallest absolute Gasteiger partial charge is 0.414 e. The van der Waals surface area contributed by atoms with Gasteiger partial charge in [0, 0.05) is 25.0 Å². The van der Waals surface area contributed by atoms with Gasteiger partial charge < -0.3 is 14.4 Å². The molecule has 2 heterocycles. The van der Waals surface area contributed by atoms with Gasteiger partial charge in [-0.25, -0.2) is 9.59 Å². The van der Waals surface area contributed by atoms with Crippen molar-refractivity contribution in [2.45, 2.75) is 82.8 Å². The number of likely N-dealkylation sites (tertiary alicyclic amines) is 1. The lowest BCUT2D eigenvalue weighted by molar-refractivity contribution is -0.103. The highest BCUT2D eigenvalue weighted by Gasteiger charge is 2.51. The molecule has 6 nitrogen and oxygen atoms in total. The molecule has 5 fully saturated rings. The zero-order chi connectivity index (χ0) is 23.7. The summed E-state index contributed by atoms with van der Waals surface area (Å²) in [6.07, 6.45) is 7.81. The molecule has 1 aromatic carbocycles. The summed E-state index contributed by atoms with van der Waals surface area (Å²) in [6, 6.07) is 8.18. The molecular formula is C28H38N2O4. The van der Waals surface area contributed by atoms with Gasteiger partial charge in [-0.05, 0) is 101 Å². The van der Waals surface area contributed by atoms with Gasteiger partial charge in [-0.2, -0.15) is 0 Å².